The second-order valence-electron chi connectivity index (χ2n) is 23.2. The molecule has 689 valence electrons. The number of phenolic OH excluding ortho intramolecular Hbond substituents is 1. The van der Waals surface area contributed by atoms with Crippen LogP contribution in [0.1, 0.15) is 70.8 Å². The summed E-state index contributed by atoms with van der Waals surface area (Å²) in [6.45, 7) is 15.1. The molecule has 2 heterocycles. The summed E-state index contributed by atoms with van der Waals surface area (Å²) in [5.41, 5.74) is 17.6. The van der Waals surface area contributed by atoms with Crippen molar-refractivity contribution in [3.05, 3.63) is 294 Å². The Morgan fingerprint density at radius 3 is 1.26 bits per heavy atom. The molecule has 9 aromatic carbocycles. The van der Waals surface area contributed by atoms with Crippen LogP contribution in [0.5, 0.6) is 28.7 Å². The van der Waals surface area contributed by atoms with Crippen LogP contribution in [-0.2, 0) is 39.2 Å². The van der Waals surface area contributed by atoms with Crippen molar-refractivity contribution in [2.24, 2.45) is 4.99 Å². The zero-order valence-corrected chi connectivity index (χ0v) is 94.0. The monoisotopic (exact) mass is 2950 g/mol. The van der Waals surface area contributed by atoms with E-state index in [-0.39, 0.29) is 70.8 Å². The zero-order chi connectivity index (χ0) is 95.2. The number of carbonyl (C=O) groups excluding carboxylic acids is 5. The number of benzene rings is 9. The Balaban J connectivity index is -0.00000143. The minimum atomic E-state index is -4.68. The van der Waals surface area contributed by atoms with Crippen LogP contribution in [-0.4, -0.2) is 71.5 Å². The fourth-order valence-electron chi connectivity index (χ4n) is 8.63. The maximum Gasteiger partial charge on any atom is 0 e. The molecule has 0 saturated carbocycles. The number of halogens is 21. The maximum atomic E-state index is 14.3. The largest absolute Gasteiger partial charge is 0 e. The standard InChI is InChI=1S/C20H14ClF4N3O2.C15H14ClFN2O2.C14H12ClFN2O2.C8H6ClNO.C8H9NO2.C7H8ClN.C7H8FNO.C2H6.CH3I.CH4.I3.I2.3HI.2V/c1-11-8-14(6-7-26-11)30-13-3-5-18(17(22)10-13)28-19(29)27-12-2-4-16(21)15(9-12)20(23,24)25;1-9-7-10(3-5-12(9)16)18-15(20)19-14-6-4-11(21-2)8-13(14)17;1-8-6-9(2-4-11(8)15)17-14(20)18-13-5-3-10(19)7-12(13)16;1-6-4-7(10-5-11)2-3-8(6)9;1-6-3-4-9-7(5-6)8(10)11-2;1-5-4-6(9)2-3-7(5)8;1-10-5-2-3-7(9)6(8)4-5;2*1-2;;1-3-2;1-2;;;;;/h2-10H,1H3,(H2,27,28,29);3-8H,1-2H3,(H2,18,19,20);2-7,19H,1H3,(H2,17,18,20);2-4H,1H3;3-5H,1-2H3;2-4H,9H2,1H3;2-4H,9H2,1H3;1-2H3;1H3;1H4;;;3*1H;;/q;;;;;;;;;;-1;;;;;;+3/p-3. The number of isocyanates is 1. The van der Waals surface area contributed by atoms with E-state index in [1.165, 1.54) is 82.0 Å². The molecule has 11 N–H and O–H groups in total. The molecular weight excluding hydrogens is 2870 g/mol. The summed E-state index contributed by atoms with van der Waals surface area (Å²) >= 11 is 47.9. The number of nitrogens with zero attached hydrogens (tertiary/aromatic N) is 3. The number of amides is 6. The molecule has 6 amide bonds. The van der Waals surface area contributed by atoms with E-state index in [2.05, 4.69) is 209 Å². The zero-order valence-electron chi connectivity index (χ0n) is 68.0. The Bertz CT molecular complexity index is 5280. The molecule has 0 unspecified atom stereocenters. The van der Waals surface area contributed by atoms with Gasteiger partial charge in [0.15, 0.2) is 0 Å². The van der Waals surface area contributed by atoms with Crippen LogP contribution in [0.2, 0.25) is 25.1 Å². The van der Waals surface area contributed by atoms with Crippen molar-refractivity contribution in [1.29, 1.82) is 0 Å². The number of aromatic hydroxyl groups is 1. The number of aryl methyl sites for hydroxylation is 6. The van der Waals surface area contributed by atoms with Crippen molar-refractivity contribution < 1.29 is 115 Å². The summed E-state index contributed by atoms with van der Waals surface area (Å²) in [5, 5.41) is 25.6. The molecule has 0 fully saturated rings. The second kappa shape index (κ2) is 71.1. The number of nitrogen functional groups attached to an aromatic ring is 2. The fraction of sp³-hybridized carbons (Fsp3) is 0.169. The Hall–Kier alpha value is -4.56. The molecule has 0 atom stereocenters. The van der Waals surface area contributed by atoms with Crippen molar-refractivity contribution in [1.82, 2.24) is 9.97 Å². The van der Waals surface area contributed by atoms with Gasteiger partial charge in [0.25, 0.3) is 0 Å². The number of esters is 1. The van der Waals surface area contributed by atoms with E-state index in [1.807, 2.05) is 65.5 Å². The van der Waals surface area contributed by atoms with Gasteiger partial charge in [-0.3, -0.25) is 4.98 Å². The van der Waals surface area contributed by atoms with Gasteiger partial charge in [-0.15, -0.1) is 0 Å². The van der Waals surface area contributed by atoms with E-state index in [4.69, 9.17) is 88.8 Å². The molecule has 0 bridgehead atoms. The van der Waals surface area contributed by atoms with Crippen LogP contribution in [0.4, 0.5) is 96.3 Å². The molecule has 0 aliphatic rings. The number of carbonyl (C=O) groups is 4. The Kier molecular flexibility index (Phi) is 70.8. The summed E-state index contributed by atoms with van der Waals surface area (Å²) in [6.07, 6.45) is -0.0886. The van der Waals surface area contributed by atoms with Crippen molar-refractivity contribution in [2.75, 3.05) is 69.6 Å². The number of alkyl halides is 4. The van der Waals surface area contributed by atoms with Crippen molar-refractivity contribution >= 4 is 296 Å². The molecule has 1 radical (unpaired) electrons. The van der Waals surface area contributed by atoms with Crippen LogP contribution < -0.4 is 70.8 Å². The number of phenols is 1. The summed E-state index contributed by atoms with van der Waals surface area (Å²) in [6, 6.07) is 44.0. The summed E-state index contributed by atoms with van der Waals surface area (Å²) in [7, 11) is 4.26. The molecule has 2 aromatic heterocycles. The van der Waals surface area contributed by atoms with Crippen LogP contribution in [0.3, 0.4) is 0 Å². The Morgan fingerprint density at radius 2 is 0.874 bits per heavy atom. The van der Waals surface area contributed by atoms with E-state index in [1.54, 1.807) is 116 Å². The molecule has 11 aromatic rings. The van der Waals surface area contributed by atoms with E-state index in [9.17, 15) is 54.7 Å². The Morgan fingerprint density at radius 1 is 0.496 bits per heavy atom. The molecule has 21 nitrogen and oxygen atoms in total. The number of rotatable bonds is 12. The van der Waals surface area contributed by atoms with Gasteiger partial charge in [-0.1, -0.05) is 102 Å². The average molecular weight is 2950 g/mol. The number of methoxy groups -OCH3 is 3. The summed E-state index contributed by atoms with van der Waals surface area (Å²) in [5.74, 6) is -1.61. The number of hydrogen-bond acceptors (Lipinski definition) is 15. The minimum Gasteiger partial charge on any atom is 0 e. The minimum absolute atomic E-state index is 0. The van der Waals surface area contributed by atoms with Gasteiger partial charge in [-0.05, 0) is 232 Å². The third kappa shape index (κ3) is 53.8. The van der Waals surface area contributed by atoms with Crippen LogP contribution >= 0.6 is 215 Å². The predicted octanol–water partition coefficient (Wildman–Crippen LogP) is 28.6. The van der Waals surface area contributed by atoms with Crippen molar-refractivity contribution in [3.8, 4) is 28.7 Å². The number of ether oxygens (including phenoxy) is 4. The molecule has 0 spiro atoms. The van der Waals surface area contributed by atoms with E-state index >= 15 is 0 Å². The number of nitrogens with one attached hydrogen (secondary N) is 6. The Labute approximate surface area is 875 Å². The number of urea groups is 3. The van der Waals surface area contributed by atoms with Crippen molar-refractivity contribution in [2.45, 2.75) is 69.0 Å². The average Bonchev–Trinajstić information content (AvgIpc) is 0.822. The molecule has 11 rings (SSSR count). The summed E-state index contributed by atoms with van der Waals surface area (Å²) < 4.78 is 112. The predicted molar refractivity (Wildman–Crippen MR) is 562 cm³/mol. The van der Waals surface area contributed by atoms with E-state index in [0.29, 0.717) is 74.4 Å². The second-order valence-corrected chi connectivity index (χ2v) is 76.9. The molecule has 0 aliphatic heterocycles. The van der Waals surface area contributed by atoms with Crippen LogP contribution in [0, 0.1) is 64.8 Å². The van der Waals surface area contributed by atoms with Crippen LogP contribution in [0.25, 0.3) is 0 Å². The van der Waals surface area contributed by atoms with Gasteiger partial charge >= 0.3 is 146 Å². The third-order valence-corrected chi connectivity index (χ3v) is 16.3. The third-order valence-electron chi connectivity index (χ3n) is 14.3. The first kappa shape index (κ1) is 127. The molecule has 0 saturated heterocycles. The normalized spacial score (nSPS) is 9.49. The smallest absolute Gasteiger partial charge is 0 e. The number of pyridine rings is 2. The molecule has 44 heteroatoms. The molecule has 127 heavy (non-hydrogen) atoms. The first-order valence-electron chi connectivity index (χ1n) is 34.6. The topological polar surface area (TPSA) is 305 Å². The number of aliphatic imine (C=N–C) groups is 1. The number of nitrogens with two attached hydrogens (primary N) is 2. The number of hydrogen-bond donors (Lipinski definition) is 9. The van der Waals surface area contributed by atoms with Gasteiger partial charge in [-0.25, -0.2) is 46.5 Å². The maximum absolute atomic E-state index is 14.3. The fourth-order valence-corrected chi connectivity index (χ4v) is 9.33. The SMILES string of the molecule is C.CC.CI.COC(=O)c1cc(C)ccn1.COc1ccc(N)c(F)c1.COc1ccc(NC(=O)Nc2ccc(Cl)c(C)c2)c(F)c1.Cc1cc(N)ccc1Cl.Cc1cc(N=C=O)ccc1Cl.Cc1cc(NC(=O)Nc2ccc(O)cc2F)ccc1Cl.Cc1cc(Oc2ccc(NC(=O)Nc3ccc(Cl)c(C(F)(F)F)c3)c(F)c2)ccn1.II.I[I-]I.[I][V]([I])[I].[V]. The van der Waals surface area contributed by atoms with Gasteiger partial charge in [0.2, 0.25) is 6.08 Å². The van der Waals surface area contributed by atoms with Gasteiger partial charge in [0.05, 0.1) is 60.4 Å². The van der Waals surface area contributed by atoms with Crippen LogP contribution in [0.15, 0.2) is 205 Å². The first-order chi connectivity index (χ1) is 59.1. The van der Waals surface area contributed by atoms with E-state index < -0.39 is 64.1 Å². The van der Waals surface area contributed by atoms with E-state index in [0.717, 1.165) is 62.4 Å². The molecular formula is C83H84Cl5F7I9N11O10V2-. The number of aromatic nitrogens is 2. The van der Waals surface area contributed by atoms with Gasteiger partial charge < -0.3 is 67.4 Å². The van der Waals surface area contributed by atoms with Gasteiger partial charge in [-0.2, -0.15) is 18.2 Å². The quantitative estimate of drug-likeness (QED) is 0.00803. The summed E-state index contributed by atoms with van der Waals surface area (Å²) in [4.78, 5) is 69.3. The number of anilines is 8. The van der Waals surface area contributed by atoms with Crippen molar-refractivity contribution in [3.63, 3.8) is 0 Å². The van der Waals surface area contributed by atoms with Gasteiger partial charge in [0.1, 0.15) is 57.7 Å². The molecule has 0 aliphatic carbocycles. The first-order valence-corrected chi connectivity index (χ1v) is 71.0. The van der Waals surface area contributed by atoms with Gasteiger partial charge in [0, 0.05) is 147 Å².